The summed E-state index contributed by atoms with van der Waals surface area (Å²) in [7, 11) is -3.37. The maximum atomic E-state index is 12.1. The first-order valence-electron chi connectivity index (χ1n) is 10.6. The van der Waals surface area contributed by atoms with Gasteiger partial charge in [-0.05, 0) is 42.7 Å². The molecule has 0 aliphatic carbocycles. The van der Waals surface area contributed by atoms with Crippen LogP contribution in [0.4, 0.5) is 5.69 Å². The Bertz CT molecular complexity index is 1360. The summed E-state index contributed by atoms with van der Waals surface area (Å²) in [6.45, 7) is 6.01. The monoisotopic (exact) mass is 498 g/mol. The van der Waals surface area contributed by atoms with Gasteiger partial charge in [0, 0.05) is 11.8 Å². The average Bonchev–Trinajstić information content (AvgIpc) is 3.29. The molecule has 0 spiro atoms. The fourth-order valence-corrected chi connectivity index (χ4v) is 4.54. The van der Waals surface area contributed by atoms with Crippen LogP contribution in [0.1, 0.15) is 37.3 Å². The lowest BCUT2D eigenvalue weighted by Crippen LogP contribution is -2.16. The van der Waals surface area contributed by atoms with Crippen molar-refractivity contribution < 1.29 is 17.9 Å². The lowest BCUT2D eigenvalue weighted by Gasteiger charge is -2.09. The molecule has 178 valence electrons. The molecule has 0 saturated carbocycles. The lowest BCUT2D eigenvalue weighted by molar-refractivity contribution is -0.138. The Kier molecular flexibility index (Phi) is 7.95. The number of carbonyl (C=O) groups excluding carboxylic acids is 1. The van der Waals surface area contributed by atoms with Crippen molar-refractivity contribution in [2.45, 2.75) is 31.6 Å². The molecule has 3 rings (SSSR count). The Labute approximate surface area is 203 Å². The molecule has 2 N–H and O–H groups in total. The van der Waals surface area contributed by atoms with Gasteiger partial charge in [-0.15, -0.1) is 10.2 Å². The molecule has 1 aromatic heterocycles. The Morgan fingerprint density at radius 2 is 1.91 bits per heavy atom. The van der Waals surface area contributed by atoms with Crippen LogP contribution in [0.3, 0.4) is 0 Å². The van der Waals surface area contributed by atoms with E-state index >= 15 is 0 Å². The molecule has 2 aromatic carbocycles. The molecule has 0 radical (unpaired) electrons. The van der Waals surface area contributed by atoms with Crippen molar-refractivity contribution >= 4 is 38.5 Å². The number of aromatic nitrogens is 2. The summed E-state index contributed by atoms with van der Waals surface area (Å²) < 4.78 is 28.9. The van der Waals surface area contributed by atoms with Crippen molar-refractivity contribution in [2.24, 2.45) is 10.7 Å². The van der Waals surface area contributed by atoms with Gasteiger partial charge in [0.25, 0.3) is 0 Å². The van der Waals surface area contributed by atoms with Crippen LogP contribution in [0.5, 0.6) is 0 Å². The number of aliphatic imine (C=N–C) groups is 1. The van der Waals surface area contributed by atoms with Gasteiger partial charge in [0.05, 0.1) is 17.2 Å². The van der Waals surface area contributed by atoms with Crippen LogP contribution >= 0.6 is 11.3 Å². The summed E-state index contributed by atoms with van der Waals surface area (Å²) in [5.41, 5.74) is 8.56. The van der Waals surface area contributed by atoms with Gasteiger partial charge in [-0.2, -0.15) is 0 Å². The van der Waals surface area contributed by atoms with Gasteiger partial charge in [-0.3, -0.25) is 0 Å². The Balaban J connectivity index is 2.11. The van der Waals surface area contributed by atoms with Crippen LogP contribution in [0.15, 0.2) is 70.2 Å². The molecule has 3 aromatic rings. The quantitative estimate of drug-likeness (QED) is 0.279. The van der Waals surface area contributed by atoms with Crippen molar-refractivity contribution in [1.29, 1.82) is 0 Å². The summed E-state index contributed by atoms with van der Waals surface area (Å²) in [4.78, 5) is 17.1. The molecule has 0 bridgehead atoms. The SMILES string of the molecule is CCOC(=O)C(N)=CC(=Nc1ccccc1C(C)C)c1nnc(-c2cccc(S(C)(=O)=O)c2)s1. The predicted molar refractivity (Wildman–Crippen MR) is 134 cm³/mol. The van der Waals surface area contributed by atoms with E-state index in [0.29, 0.717) is 21.3 Å². The Morgan fingerprint density at radius 1 is 1.18 bits per heavy atom. The molecule has 0 amide bonds. The van der Waals surface area contributed by atoms with E-state index in [2.05, 4.69) is 24.0 Å². The number of para-hydroxylation sites is 1. The smallest absolute Gasteiger partial charge is 0.354 e. The molecular formula is C24H26N4O4S2. The number of carbonyl (C=O) groups is 1. The number of esters is 1. The van der Waals surface area contributed by atoms with Crippen molar-refractivity contribution in [1.82, 2.24) is 10.2 Å². The lowest BCUT2D eigenvalue weighted by atomic mass is 10.0. The van der Waals surface area contributed by atoms with E-state index in [-0.39, 0.29) is 23.1 Å². The van der Waals surface area contributed by atoms with E-state index < -0.39 is 15.8 Å². The van der Waals surface area contributed by atoms with Crippen LogP contribution in [-0.2, 0) is 19.4 Å². The highest BCUT2D eigenvalue weighted by Gasteiger charge is 2.17. The molecule has 1 heterocycles. The highest BCUT2D eigenvalue weighted by Crippen LogP contribution is 2.30. The molecule has 8 nitrogen and oxygen atoms in total. The number of nitrogens with zero attached hydrogens (tertiary/aromatic N) is 3. The molecule has 0 unspecified atom stereocenters. The number of hydrogen-bond acceptors (Lipinski definition) is 9. The predicted octanol–water partition coefficient (Wildman–Crippen LogP) is 4.26. The standard InChI is InChI=1S/C24H26N4O4S2/c1-5-32-24(29)19(25)14-21(26-20-12-7-6-11-18(20)15(2)3)23-28-27-22(33-23)16-9-8-10-17(13-16)34(4,30)31/h6-15H,5,25H2,1-4H3. The molecule has 0 aliphatic heterocycles. The highest BCUT2D eigenvalue weighted by molar-refractivity contribution is 7.90. The van der Waals surface area contributed by atoms with Gasteiger partial charge >= 0.3 is 5.97 Å². The molecule has 34 heavy (non-hydrogen) atoms. The normalized spacial score (nSPS) is 12.7. The Hall–Kier alpha value is -3.37. The fourth-order valence-electron chi connectivity index (χ4n) is 3.07. The first kappa shape index (κ1) is 25.3. The summed E-state index contributed by atoms with van der Waals surface area (Å²) in [6, 6.07) is 14.2. The van der Waals surface area contributed by atoms with E-state index in [1.54, 1.807) is 25.1 Å². The molecule has 0 fully saturated rings. The van der Waals surface area contributed by atoms with Crippen LogP contribution in [-0.4, -0.2) is 43.2 Å². The third kappa shape index (κ3) is 6.15. The number of sulfone groups is 1. The van der Waals surface area contributed by atoms with E-state index in [0.717, 1.165) is 17.5 Å². The van der Waals surface area contributed by atoms with Crippen LogP contribution in [0.2, 0.25) is 0 Å². The van der Waals surface area contributed by atoms with E-state index in [9.17, 15) is 13.2 Å². The average molecular weight is 499 g/mol. The third-order valence-electron chi connectivity index (χ3n) is 4.76. The van der Waals surface area contributed by atoms with Crippen molar-refractivity contribution in [3.8, 4) is 10.6 Å². The second-order valence-corrected chi connectivity index (χ2v) is 10.7. The second kappa shape index (κ2) is 10.7. The summed E-state index contributed by atoms with van der Waals surface area (Å²) in [6.07, 6.45) is 2.57. The maximum absolute atomic E-state index is 12.1. The first-order chi connectivity index (χ1) is 16.1. The number of rotatable bonds is 8. The minimum Gasteiger partial charge on any atom is -0.461 e. The number of allylic oxidation sites excluding steroid dienone is 1. The van der Waals surface area contributed by atoms with Crippen molar-refractivity contribution in [3.05, 3.63) is 70.9 Å². The zero-order valence-electron chi connectivity index (χ0n) is 19.3. The van der Waals surface area contributed by atoms with E-state index in [1.807, 2.05) is 24.3 Å². The largest absolute Gasteiger partial charge is 0.461 e. The van der Waals surface area contributed by atoms with Gasteiger partial charge in [0.15, 0.2) is 14.8 Å². The number of ether oxygens (including phenoxy) is 1. The van der Waals surface area contributed by atoms with Crippen molar-refractivity contribution in [3.63, 3.8) is 0 Å². The Morgan fingerprint density at radius 3 is 2.59 bits per heavy atom. The van der Waals surface area contributed by atoms with Crippen LogP contribution in [0.25, 0.3) is 10.6 Å². The number of nitrogens with two attached hydrogens (primary N) is 1. The van der Waals surface area contributed by atoms with Crippen LogP contribution in [0, 0.1) is 0 Å². The maximum Gasteiger partial charge on any atom is 0.354 e. The zero-order valence-corrected chi connectivity index (χ0v) is 21.0. The summed E-state index contributed by atoms with van der Waals surface area (Å²) in [5.74, 6) is -0.436. The molecular weight excluding hydrogens is 472 g/mol. The number of hydrogen-bond donors (Lipinski definition) is 1. The highest BCUT2D eigenvalue weighted by atomic mass is 32.2. The molecule has 10 heteroatoms. The summed E-state index contributed by atoms with van der Waals surface area (Å²) in [5, 5.41) is 9.40. The molecule has 0 atom stereocenters. The zero-order chi connectivity index (χ0) is 24.9. The topological polar surface area (TPSA) is 125 Å². The van der Waals surface area contributed by atoms with Crippen LogP contribution < -0.4 is 5.73 Å². The first-order valence-corrected chi connectivity index (χ1v) is 13.3. The van der Waals surface area contributed by atoms with Gasteiger partial charge in [-0.25, -0.2) is 18.2 Å². The van der Waals surface area contributed by atoms with E-state index in [1.165, 1.54) is 23.5 Å². The fraction of sp³-hybridized carbons (Fsp3) is 0.250. The summed E-state index contributed by atoms with van der Waals surface area (Å²) >= 11 is 1.21. The van der Waals surface area contributed by atoms with Gasteiger partial charge in [0.1, 0.15) is 16.4 Å². The second-order valence-electron chi connectivity index (χ2n) is 7.74. The molecule has 0 aliphatic rings. The van der Waals surface area contributed by atoms with E-state index in [4.69, 9.17) is 15.5 Å². The minimum absolute atomic E-state index is 0.113. The number of benzene rings is 2. The van der Waals surface area contributed by atoms with Gasteiger partial charge in [-0.1, -0.05) is 55.5 Å². The van der Waals surface area contributed by atoms with Gasteiger partial charge < -0.3 is 10.5 Å². The third-order valence-corrected chi connectivity index (χ3v) is 6.86. The van der Waals surface area contributed by atoms with Gasteiger partial charge in [0.2, 0.25) is 0 Å². The molecule has 0 saturated heterocycles. The minimum atomic E-state index is -3.37. The van der Waals surface area contributed by atoms with Crippen molar-refractivity contribution in [2.75, 3.05) is 12.9 Å².